The molecule has 1 aliphatic heterocycles. The molecule has 0 aliphatic carbocycles. The number of anilines is 1. The fraction of sp³-hybridized carbons (Fsp3) is 0.0714. The van der Waals surface area contributed by atoms with Crippen LogP contribution in [0.25, 0.3) is 16.9 Å². The molecule has 1 aromatic carbocycles. The van der Waals surface area contributed by atoms with E-state index in [0.29, 0.717) is 5.69 Å². The maximum absolute atomic E-state index is 5.86. The van der Waals surface area contributed by atoms with Gasteiger partial charge < -0.3 is 15.2 Å². The molecular weight excluding hydrogens is 322 g/mol. The maximum atomic E-state index is 5.86. The minimum absolute atomic E-state index is 0.262. The molecule has 2 aromatic heterocycles. The third kappa shape index (κ3) is 1.65. The first-order valence-electron chi connectivity index (χ1n) is 6.05. The number of nitrogens with two attached hydrogens (primary N) is 1. The molecule has 0 atom stereocenters. The van der Waals surface area contributed by atoms with Crippen LogP contribution in [0.1, 0.15) is 0 Å². The molecule has 0 amide bonds. The minimum Gasteiger partial charge on any atom is -0.454 e. The van der Waals surface area contributed by atoms with Crippen molar-refractivity contribution in [2.24, 2.45) is 0 Å². The number of nitrogens with zero attached hydrogens (tertiary/aromatic N) is 2. The highest BCUT2D eigenvalue weighted by molar-refractivity contribution is 9.10. The number of nitrogen functional groups attached to an aromatic ring is 1. The summed E-state index contributed by atoms with van der Waals surface area (Å²) >= 11 is 3.47. The van der Waals surface area contributed by atoms with E-state index in [-0.39, 0.29) is 6.79 Å². The molecule has 0 spiro atoms. The number of halogens is 1. The third-order valence-electron chi connectivity index (χ3n) is 3.25. The van der Waals surface area contributed by atoms with Crippen LogP contribution in [0.15, 0.2) is 41.1 Å². The van der Waals surface area contributed by atoms with Crippen molar-refractivity contribution >= 4 is 27.1 Å². The van der Waals surface area contributed by atoms with E-state index >= 15 is 0 Å². The van der Waals surface area contributed by atoms with Crippen LogP contribution in [0.5, 0.6) is 11.5 Å². The molecule has 0 fully saturated rings. The summed E-state index contributed by atoms with van der Waals surface area (Å²) < 4.78 is 13.5. The quantitative estimate of drug-likeness (QED) is 0.744. The molecule has 5 nitrogen and oxygen atoms in total. The van der Waals surface area contributed by atoms with Gasteiger partial charge in [-0.15, -0.1) is 0 Å². The van der Waals surface area contributed by atoms with Crippen LogP contribution < -0.4 is 15.2 Å². The van der Waals surface area contributed by atoms with Crippen LogP contribution >= 0.6 is 15.9 Å². The van der Waals surface area contributed by atoms with Gasteiger partial charge in [0.25, 0.3) is 0 Å². The summed E-state index contributed by atoms with van der Waals surface area (Å²) in [7, 11) is 0. The van der Waals surface area contributed by atoms with Crippen LogP contribution in [-0.4, -0.2) is 16.2 Å². The topological polar surface area (TPSA) is 61.8 Å². The Morgan fingerprint density at radius 3 is 2.90 bits per heavy atom. The molecule has 3 heterocycles. The largest absolute Gasteiger partial charge is 0.454 e. The normalized spacial score (nSPS) is 13.1. The van der Waals surface area contributed by atoms with E-state index in [9.17, 15) is 0 Å². The summed E-state index contributed by atoms with van der Waals surface area (Å²) in [5.74, 6) is 2.30. The Hall–Kier alpha value is -2.21. The predicted molar refractivity (Wildman–Crippen MR) is 78.9 cm³/mol. The van der Waals surface area contributed by atoms with Gasteiger partial charge in [0.05, 0.1) is 5.52 Å². The Kier molecular flexibility index (Phi) is 2.40. The lowest BCUT2D eigenvalue weighted by Gasteiger charge is -2.03. The first-order valence-corrected chi connectivity index (χ1v) is 6.85. The molecule has 3 aromatic rings. The molecule has 100 valence electrons. The van der Waals surface area contributed by atoms with Gasteiger partial charge in [0, 0.05) is 17.4 Å². The summed E-state index contributed by atoms with van der Waals surface area (Å²) in [6.45, 7) is 0.262. The fourth-order valence-corrected chi connectivity index (χ4v) is 2.80. The molecule has 0 radical (unpaired) electrons. The zero-order valence-electron chi connectivity index (χ0n) is 10.3. The molecule has 0 saturated heterocycles. The van der Waals surface area contributed by atoms with Crippen molar-refractivity contribution in [3.63, 3.8) is 0 Å². The van der Waals surface area contributed by atoms with Crippen LogP contribution in [0.4, 0.5) is 5.69 Å². The average molecular weight is 332 g/mol. The van der Waals surface area contributed by atoms with Crippen molar-refractivity contribution < 1.29 is 9.47 Å². The molecule has 4 rings (SSSR count). The molecule has 0 saturated carbocycles. The standard InChI is InChI=1S/C14H10BrN3O2/c15-13-10-3-2-9(16)6-18(10)14(17-13)8-1-4-11-12(5-8)20-7-19-11/h1-6H,7,16H2. The fourth-order valence-electron chi connectivity index (χ4n) is 2.30. The van der Waals surface area contributed by atoms with Crippen LogP contribution in [0.2, 0.25) is 0 Å². The number of fused-ring (bicyclic) bond motifs is 2. The number of hydrogen-bond donors (Lipinski definition) is 1. The van der Waals surface area contributed by atoms with E-state index in [1.165, 1.54) is 0 Å². The van der Waals surface area contributed by atoms with Gasteiger partial charge in [-0.3, -0.25) is 4.40 Å². The van der Waals surface area contributed by atoms with Crippen molar-refractivity contribution in [2.75, 3.05) is 12.5 Å². The second kappa shape index (κ2) is 4.14. The number of imidazole rings is 1. The number of aromatic nitrogens is 2. The summed E-state index contributed by atoms with van der Waals surface area (Å²) in [5, 5.41) is 0. The molecule has 1 aliphatic rings. The zero-order chi connectivity index (χ0) is 13.7. The van der Waals surface area contributed by atoms with Crippen LogP contribution in [0, 0.1) is 0 Å². The monoisotopic (exact) mass is 331 g/mol. The van der Waals surface area contributed by atoms with Gasteiger partial charge in [-0.25, -0.2) is 4.98 Å². The Morgan fingerprint density at radius 2 is 2.00 bits per heavy atom. The van der Waals surface area contributed by atoms with Gasteiger partial charge in [0.2, 0.25) is 6.79 Å². The SMILES string of the molecule is Nc1ccc2c(Br)nc(-c3ccc4c(c3)OCO4)n2c1. The number of benzene rings is 1. The number of hydrogen-bond acceptors (Lipinski definition) is 4. The summed E-state index contributed by atoms with van der Waals surface area (Å²) in [5.41, 5.74) is 8.46. The highest BCUT2D eigenvalue weighted by Gasteiger charge is 2.17. The van der Waals surface area contributed by atoms with Crippen molar-refractivity contribution in [1.82, 2.24) is 9.38 Å². The number of rotatable bonds is 1. The first-order chi connectivity index (χ1) is 9.72. The lowest BCUT2D eigenvalue weighted by atomic mass is 10.2. The van der Waals surface area contributed by atoms with Crippen LogP contribution in [-0.2, 0) is 0 Å². The number of pyridine rings is 1. The lowest BCUT2D eigenvalue weighted by Crippen LogP contribution is -1.93. The smallest absolute Gasteiger partial charge is 0.231 e. The van der Waals surface area contributed by atoms with Gasteiger partial charge in [-0.1, -0.05) is 0 Å². The van der Waals surface area contributed by atoms with E-state index in [1.807, 2.05) is 40.9 Å². The average Bonchev–Trinajstić information content (AvgIpc) is 3.02. The van der Waals surface area contributed by atoms with Crippen molar-refractivity contribution in [1.29, 1.82) is 0 Å². The second-order valence-electron chi connectivity index (χ2n) is 4.51. The molecule has 6 heteroatoms. The van der Waals surface area contributed by atoms with Crippen molar-refractivity contribution in [3.8, 4) is 22.9 Å². The van der Waals surface area contributed by atoms with Gasteiger partial charge in [-0.05, 0) is 46.3 Å². The van der Waals surface area contributed by atoms with Crippen molar-refractivity contribution in [2.45, 2.75) is 0 Å². The Labute approximate surface area is 123 Å². The van der Waals surface area contributed by atoms with Gasteiger partial charge in [0.15, 0.2) is 11.5 Å². The number of ether oxygens (including phenoxy) is 2. The summed E-state index contributed by atoms with van der Waals surface area (Å²) in [4.78, 5) is 4.55. The summed E-state index contributed by atoms with van der Waals surface area (Å²) in [6.07, 6.45) is 1.85. The molecule has 2 N–H and O–H groups in total. The van der Waals surface area contributed by atoms with E-state index in [2.05, 4.69) is 20.9 Å². The molecule has 0 unspecified atom stereocenters. The Bertz CT molecular complexity index is 829. The second-order valence-corrected chi connectivity index (χ2v) is 5.26. The van der Waals surface area contributed by atoms with Gasteiger partial charge in [0.1, 0.15) is 10.4 Å². The van der Waals surface area contributed by atoms with E-state index in [0.717, 1.165) is 33.0 Å². The van der Waals surface area contributed by atoms with E-state index in [1.54, 1.807) is 0 Å². The first kappa shape index (κ1) is 11.6. The molecule has 0 bridgehead atoms. The molecular formula is C14H10BrN3O2. The van der Waals surface area contributed by atoms with E-state index < -0.39 is 0 Å². The highest BCUT2D eigenvalue weighted by Crippen LogP contribution is 2.36. The minimum atomic E-state index is 0.262. The lowest BCUT2D eigenvalue weighted by molar-refractivity contribution is 0.174. The third-order valence-corrected chi connectivity index (χ3v) is 3.83. The predicted octanol–water partition coefficient (Wildman–Crippen LogP) is 3.07. The van der Waals surface area contributed by atoms with Crippen LogP contribution in [0.3, 0.4) is 0 Å². The Balaban J connectivity index is 1.96. The molecule has 20 heavy (non-hydrogen) atoms. The summed E-state index contributed by atoms with van der Waals surface area (Å²) in [6, 6.07) is 9.55. The van der Waals surface area contributed by atoms with Crippen molar-refractivity contribution in [3.05, 3.63) is 41.1 Å². The Morgan fingerprint density at radius 1 is 1.15 bits per heavy atom. The maximum Gasteiger partial charge on any atom is 0.231 e. The highest BCUT2D eigenvalue weighted by atomic mass is 79.9. The van der Waals surface area contributed by atoms with Gasteiger partial charge >= 0.3 is 0 Å². The van der Waals surface area contributed by atoms with E-state index in [4.69, 9.17) is 15.2 Å². The zero-order valence-corrected chi connectivity index (χ0v) is 11.9. The van der Waals surface area contributed by atoms with Gasteiger partial charge in [-0.2, -0.15) is 0 Å².